The number of rotatable bonds is 3. The predicted octanol–water partition coefficient (Wildman–Crippen LogP) is 0.421. The van der Waals surface area contributed by atoms with Crippen molar-refractivity contribution in [3.63, 3.8) is 0 Å². The van der Waals surface area contributed by atoms with Crippen molar-refractivity contribution in [1.82, 2.24) is 9.88 Å². The van der Waals surface area contributed by atoms with Gasteiger partial charge in [-0.05, 0) is 18.7 Å². The van der Waals surface area contributed by atoms with E-state index in [0.717, 1.165) is 31.0 Å². The molecular formula is C12H19N3O2. The van der Waals surface area contributed by atoms with Crippen LogP contribution in [0.1, 0.15) is 11.6 Å². The zero-order valence-electron chi connectivity index (χ0n) is 10.3. The molecule has 1 saturated heterocycles. The number of aromatic nitrogens is 1. The highest BCUT2D eigenvalue weighted by Crippen LogP contribution is 2.22. The van der Waals surface area contributed by atoms with Gasteiger partial charge in [0.05, 0.1) is 32.1 Å². The summed E-state index contributed by atoms with van der Waals surface area (Å²) in [5.41, 5.74) is 7.16. The van der Waals surface area contributed by atoms with Crippen LogP contribution < -0.4 is 10.5 Å². The topological polar surface area (TPSA) is 60.6 Å². The molecule has 1 aromatic rings. The van der Waals surface area contributed by atoms with Crippen molar-refractivity contribution in [1.29, 1.82) is 0 Å². The van der Waals surface area contributed by atoms with Crippen molar-refractivity contribution in [2.75, 3.05) is 33.9 Å². The standard InChI is InChI=1S/C12H19N3O2/c1-15-3-4-17-11(8-15)12(13)9-5-10(16-2)7-14-6-9/h5-7,11-12H,3-4,8,13H2,1-2H3. The summed E-state index contributed by atoms with van der Waals surface area (Å²) in [5, 5.41) is 0. The van der Waals surface area contributed by atoms with Crippen LogP contribution in [0, 0.1) is 0 Å². The maximum Gasteiger partial charge on any atom is 0.137 e. The number of likely N-dealkylation sites (N-methyl/N-ethyl adjacent to an activating group) is 1. The zero-order valence-corrected chi connectivity index (χ0v) is 10.3. The Morgan fingerprint density at radius 2 is 2.41 bits per heavy atom. The summed E-state index contributed by atoms with van der Waals surface area (Å²) in [6.45, 7) is 2.53. The number of pyridine rings is 1. The summed E-state index contributed by atoms with van der Waals surface area (Å²) in [7, 11) is 3.70. The summed E-state index contributed by atoms with van der Waals surface area (Å²) >= 11 is 0. The van der Waals surface area contributed by atoms with E-state index < -0.39 is 0 Å². The van der Waals surface area contributed by atoms with E-state index in [9.17, 15) is 0 Å². The van der Waals surface area contributed by atoms with E-state index in [1.807, 2.05) is 6.07 Å². The summed E-state index contributed by atoms with van der Waals surface area (Å²) in [4.78, 5) is 6.34. The van der Waals surface area contributed by atoms with Gasteiger partial charge in [-0.15, -0.1) is 0 Å². The van der Waals surface area contributed by atoms with Gasteiger partial charge >= 0.3 is 0 Å². The molecule has 0 radical (unpaired) electrons. The van der Waals surface area contributed by atoms with Crippen molar-refractivity contribution in [3.8, 4) is 5.75 Å². The van der Waals surface area contributed by atoms with Crippen molar-refractivity contribution in [2.45, 2.75) is 12.1 Å². The number of nitrogens with zero attached hydrogens (tertiary/aromatic N) is 2. The molecular weight excluding hydrogens is 218 g/mol. The number of morpholine rings is 1. The molecule has 1 aromatic heterocycles. The number of ether oxygens (including phenoxy) is 2. The van der Waals surface area contributed by atoms with Gasteiger partial charge in [-0.3, -0.25) is 4.98 Å². The Balaban J connectivity index is 2.09. The minimum atomic E-state index is -0.166. The smallest absolute Gasteiger partial charge is 0.137 e. The largest absolute Gasteiger partial charge is 0.495 e. The fourth-order valence-corrected chi connectivity index (χ4v) is 1.97. The molecule has 1 aliphatic heterocycles. The maximum atomic E-state index is 6.21. The lowest BCUT2D eigenvalue weighted by atomic mass is 10.0. The monoisotopic (exact) mass is 237 g/mol. The van der Waals surface area contributed by atoms with E-state index in [2.05, 4.69) is 16.9 Å². The van der Waals surface area contributed by atoms with Gasteiger partial charge < -0.3 is 20.1 Å². The Morgan fingerprint density at radius 1 is 1.59 bits per heavy atom. The Hall–Kier alpha value is -1.17. The highest BCUT2D eigenvalue weighted by molar-refractivity contribution is 5.26. The number of nitrogens with two attached hydrogens (primary N) is 1. The summed E-state index contributed by atoms with van der Waals surface area (Å²) in [5.74, 6) is 0.724. The van der Waals surface area contributed by atoms with Gasteiger partial charge in [0.1, 0.15) is 5.75 Å². The van der Waals surface area contributed by atoms with Crippen LogP contribution in [0.2, 0.25) is 0 Å². The third kappa shape index (κ3) is 2.94. The predicted molar refractivity (Wildman–Crippen MR) is 65.0 cm³/mol. The second-order valence-electron chi connectivity index (χ2n) is 4.36. The highest BCUT2D eigenvalue weighted by atomic mass is 16.5. The number of methoxy groups -OCH3 is 1. The fourth-order valence-electron chi connectivity index (χ4n) is 1.97. The Bertz CT molecular complexity index is 373. The van der Waals surface area contributed by atoms with Crippen LogP contribution in [-0.2, 0) is 4.74 Å². The molecule has 0 saturated carbocycles. The second kappa shape index (κ2) is 5.44. The lowest BCUT2D eigenvalue weighted by Crippen LogP contribution is -2.45. The highest BCUT2D eigenvalue weighted by Gasteiger charge is 2.25. The van der Waals surface area contributed by atoms with Crippen molar-refractivity contribution >= 4 is 0 Å². The van der Waals surface area contributed by atoms with Crippen LogP contribution in [0.3, 0.4) is 0 Å². The average molecular weight is 237 g/mol. The molecule has 0 aliphatic carbocycles. The van der Waals surface area contributed by atoms with Gasteiger partial charge in [0, 0.05) is 19.3 Å². The van der Waals surface area contributed by atoms with Crippen molar-refractivity contribution < 1.29 is 9.47 Å². The average Bonchev–Trinajstić information content (AvgIpc) is 2.38. The van der Waals surface area contributed by atoms with Crippen LogP contribution in [0.25, 0.3) is 0 Å². The van der Waals surface area contributed by atoms with Crippen LogP contribution in [-0.4, -0.2) is 49.8 Å². The van der Waals surface area contributed by atoms with Crippen LogP contribution in [0.15, 0.2) is 18.5 Å². The second-order valence-corrected chi connectivity index (χ2v) is 4.36. The third-order valence-corrected chi connectivity index (χ3v) is 3.05. The molecule has 2 atom stereocenters. The molecule has 0 amide bonds. The minimum Gasteiger partial charge on any atom is -0.495 e. The fraction of sp³-hybridized carbons (Fsp3) is 0.583. The van der Waals surface area contributed by atoms with Gasteiger partial charge in [-0.1, -0.05) is 0 Å². The van der Waals surface area contributed by atoms with Crippen molar-refractivity contribution in [2.24, 2.45) is 5.73 Å². The van der Waals surface area contributed by atoms with Gasteiger partial charge in [-0.25, -0.2) is 0 Å². The van der Waals surface area contributed by atoms with Crippen molar-refractivity contribution in [3.05, 3.63) is 24.0 Å². The lowest BCUT2D eigenvalue weighted by molar-refractivity contribution is -0.0326. The SMILES string of the molecule is COc1cncc(C(N)C2CN(C)CCO2)c1. The number of hydrogen-bond acceptors (Lipinski definition) is 5. The first-order valence-electron chi connectivity index (χ1n) is 5.75. The molecule has 0 spiro atoms. The first-order chi connectivity index (χ1) is 8.20. The molecule has 94 valence electrons. The molecule has 5 nitrogen and oxygen atoms in total. The molecule has 1 aliphatic rings. The van der Waals surface area contributed by atoms with Gasteiger partial charge in [0.25, 0.3) is 0 Å². The first-order valence-corrected chi connectivity index (χ1v) is 5.75. The molecule has 2 rings (SSSR count). The zero-order chi connectivity index (χ0) is 12.3. The van der Waals surface area contributed by atoms with Gasteiger partial charge in [-0.2, -0.15) is 0 Å². The van der Waals surface area contributed by atoms with Crippen LogP contribution >= 0.6 is 0 Å². The molecule has 17 heavy (non-hydrogen) atoms. The van der Waals surface area contributed by atoms with E-state index in [1.165, 1.54) is 0 Å². The summed E-state index contributed by atoms with van der Waals surface area (Å²) < 4.78 is 10.8. The van der Waals surface area contributed by atoms with Gasteiger partial charge in [0.15, 0.2) is 0 Å². The normalized spacial score (nSPS) is 23.4. The molecule has 0 bridgehead atoms. The van der Waals surface area contributed by atoms with E-state index in [4.69, 9.17) is 15.2 Å². The Morgan fingerprint density at radius 3 is 3.12 bits per heavy atom. The maximum absolute atomic E-state index is 6.21. The van der Waals surface area contributed by atoms with E-state index in [0.29, 0.717) is 0 Å². The quantitative estimate of drug-likeness (QED) is 0.825. The van der Waals surface area contributed by atoms with E-state index in [1.54, 1.807) is 19.5 Å². The lowest BCUT2D eigenvalue weighted by Gasteiger charge is -2.33. The summed E-state index contributed by atoms with van der Waals surface area (Å²) in [6.07, 6.45) is 3.46. The molecule has 2 unspecified atom stereocenters. The summed E-state index contributed by atoms with van der Waals surface area (Å²) in [6, 6.07) is 1.75. The first kappa shape index (κ1) is 12.3. The molecule has 5 heteroatoms. The van der Waals surface area contributed by atoms with E-state index in [-0.39, 0.29) is 12.1 Å². The molecule has 2 heterocycles. The molecule has 1 fully saturated rings. The number of hydrogen-bond donors (Lipinski definition) is 1. The Kier molecular flexibility index (Phi) is 3.93. The minimum absolute atomic E-state index is 0.0163. The molecule has 2 N–H and O–H groups in total. The van der Waals surface area contributed by atoms with E-state index >= 15 is 0 Å². The van der Waals surface area contributed by atoms with Gasteiger partial charge in [0.2, 0.25) is 0 Å². The van der Waals surface area contributed by atoms with Crippen LogP contribution in [0.4, 0.5) is 0 Å². The third-order valence-electron chi connectivity index (χ3n) is 3.05. The Labute approximate surface area is 102 Å². The molecule has 0 aromatic carbocycles. The van der Waals surface area contributed by atoms with Crippen LogP contribution in [0.5, 0.6) is 5.75 Å².